The number of hydrogen-bond acceptors (Lipinski definition) is 2. The van der Waals surface area contributed by atoms with Crippen LogP contribution in [-0.4, -0.2) is 10.2 Å². The van der Waals surface area contributed by atoms with Crippen LogP contribution in [0.5, 0.6) is 0 Å². The first-order valence-electron chi connectivity index (χ1n) is 5.88. The third kappa shape index (κ3) is 2.63. The van der Waals surface area contributed by atoms with Gasteiger partial charge in [0, 0.05) is 0 Å². The van der Waals surface area contributed by atoms with Crippen LogP contribution in [-0.2, 0) is 13.2 Å². The van der Waals surface area contributed by atoms with Crippen molar-refractivity contribution in [1.29, 1.82) is 0 Å². The van der Waals surface area contributed by atoms with Crippen molar-refractivity contribution >= 4 is 0 Å². The van der Waals surface area contributed by atoms with Gasteiger partial charge >= 0.3 is 0 Å². The molecule has 0 aliphatic heterocycles. The van der Waals surface area contributed by atoms with E-state index in [2.05, 4.69) is 33.8 Å². The Morgan fingerprint density at radius 2 is 1.19 bits per heavy atom. The predicted octanol–water partition coefficient (Wildman–Crippen LogP) is 2.92. The van der Waals surface area contributed by atoms with Crippen molar-refractivity contribution in [2.24, 2.45) is 0 Å². The lowest BCUT2D eigenvalue weighted by molar-refractivity contribution is 0.273. The van der Waals surface area contributed by atoms with E-state index in [1.54, 1.807) is 0 Å². The monoisotopic (exact) mass is 222 g/mol. The van der Waals surface area contributed by atoms with E-state index in [1.807, 2.05) is 6.07 Å². The van der Waals surface area contributed by atoms with Gasteiger partial charge in [-0.3, -0.25) is 0 Å². The third-order valence-electron chi connectivity index (χ3n) is 2.99. The van der Waals surface area contributed by atoms with Crippen LogP contribution in [0, 0.1) is 0 Å². The molecule has 0 aliphatic carbocycles. The number of aliphatic hydroxyl groups excluding tert-OH is 2. The number of benzene rings is 1. The standard InChI is InChI=1S/C14H22O2/c1-9(2)13-6-14(10(3)4)12(8-16)5-11(13)7-15/h5-6,9-10,15-16H,7-8H2,1-4H3. The van der Waals surface area contributed by atoms with Crippen molar-refractivity contribution in [3.8, 4) is 0 Å². The van der Waals surface area contributed by atoms with Crippen molar-refractivity contribution in [3.63, 3.8) is 0 Å². The summed E-state index contributed by atoms with van der Waals surface area (Å²) in [5, 5.41) is 18.7. The van der Waals surface area contributed by atoms with Crippen molar-refractivity contribution in [1.82, 2.24) is 0 Å². The smallest absolute Gasteiger partial charge is 0.0684 e. The van der Waals surface area contributed by atoms with Gasteiger partial charge in [-0.25, -0.2) is 0 Å². The zero-order valence-electron chi connectivity index (χ0n) is 10.6. The highest BCUT2D eigenvalue weighted by molar-refractivity contribution is 5.41. The van der Waals surface area contributed by atoms with E-state index in [9.17, 15) is 10.2 Å². The van der Waals surface area contributed by atoms with Crippen molar-refractivity contribution < 1.29 is 10.2 Å². The van der Waals surface area contributed by atoms with Crippen molar-refractivity contribution in [2.45, 2.75) is 52.7 Å². The highest BCUT2D eigenvalue weighted by atomic mass is 16.3. The molecule has 0 bridgehead atoms. The fourth-order valence-electron chi connectivity index (χ4n) is 2.08. The zero-order valence-corrected chi connectivity index (χ0v) is 10.6. The molecule has 0 aromatic heterocycles. The Balaban J connectivity index is 3.35. The molecule has 0 amide bonds. The predicted molar refractivity (Wildman–Crippen MR) is 66.5 cm³/mol. The maximum Gasteiger partial charge on any atom is 0.0684 e. The summed E-state index contributed by atoms with van der Waals surface area (Å²) in [6.07, 6.45) is 0. The summed E-state index contributed by atoms with van der Waals surface area (Å²) in [5.41, 5.74) is 4.23. The van der Waals surface area contributed by atoms with Crippen LogP contribution in [0.1, 0.15) is 61.8 Å². The van der Waals surface area contributed by atoms with Crippen molar-refractivity contribution in [2.75, 3.05) is 0 Å². The molecule has 1 rings (SSSR count). The molecule has 0 saturated carbocycles. The molecule has 0 fully saturated rings. The van der Waals surface area contributed by atoms with E-state index in [1.165, 1.54) is 11.1 Å². The van der Waals surface area contributed by atoms with Crippen LogP contribution >= 0.6 is 0 Å². The molecule has 0 aliphatic rings. The van der Waals surface area contributed by atoms with Crippen LogP contribution in [0.15, 0.2) is 12.1 Å². The van der Waals surface area contributed by atoms with Crippen LogP contribution in [0.3, 0.4) is 0 Å². The molecule has 0 heterocycles. The van der Waals surface area contributed by atoms with Gasteiger partial charge in [-0.2, -0.15) is 0 Å². The Morgan fingerprint density at radius 3 is 1.44 bits per heavy atom. The molecule has 0 unspecified atom stereocenters. The number of rotatable bonds is 4. The lowest BCUT2D eigenvalue weighted by atomic mass is 9.88. The first kappa shape index (κ1) is 13.2. The van der Waals surface area contributed by atoms with Gasteiger partial charge in [0.1, 0.15) is 0 Å². The summed E-state index contributed by atoms with van der Waals surface area (Å²) in [7, 11) is 0. The maximum atomic E-state index is 9.34. The summed E-state index contributed by atoms with van der Waals surface area (Å²) in [6.45, 7) is 8.57. The molecule has 1 aromatic carbocycles. The maximum absolute atomic E-state index is 9.34. The molecule has 2 heteroatoms. The van der Waals surface area contributed by atoms with Crippen LogP contribution in [0.4, 0.5) is 0 Å². The highest BCUT2D eigenvalue weighted by Gasteiger charge is 2.13. The molecule has 0 spiro atoms. The van der Waals surface area contributed by atoms with E-state index in [0.29, 0.717) is 11.8 Å². The molecule has 0 radical (unpaired) electrons. The minimum atomic E-state index is 0.0406. The summed E-state index contributed by atoms with van der Waals surface area (Å²) in [4.78, 5) is 0. The van der Waals surface area contributed by atoms with E-state index in [4.69, 9.17) is 0 Å². The second-order valence-corrected chi connectivity index (χ2v) is 4.88. The Bertz CT molecular complexity index is 323. The van der Waals surface area contributed by atoms with Crippen LogP contribution in [0.2, 0.25) is 0 Å². The van der Waals surface area contributed by atoms with E-state index in [-0.39, 0.29) is 13.2 Å². The van der Waals surface area contributed by atoms with Crippen molar-refractivity contribution in [3.05, 3.63) is 34.4 Å². The Hall–Kier alpha value is -0.860. The Kier molecular flexibility index (Phi) is 4.51. The molecular weight excluding hydrogens is 200 g/mol. The number of hydrogen-bond donors (Lipinski definition) is 2. The molecule has 0 saturated heterocycles. The van der Waals surface area contributed by atoms with Gasteiger partial charge in [-0.05, 0) is 34.1 Å². The van der Waals surface area contributed by atoms with Gasteiger partial charge in [0.05, 0.1) is 13.2 Å². The quantitative estimate of drug-likeness (QED) is 0.822. The fraction of sp³-hybridized carbons (Fsp3) is 0.571. The largest absolute Gasteiger partial charge is 0.392 e. The zero-order chi connectivity index (χ0) is 12.3. The molecule has 16 heavy (non-hydrogen) atoms. The summed E-state index contributed by atoms with van der Waals surface area (Å²) in [5.74, 6) is 0.791. The minimum Gasteiger partial charge on any atom is -0.392 e. The second kappa shape index (κ2) is 5.46. The van der Waals surface area contributed by atoms with Gasteiger partial charge in [0.25, 0.3) is 0 Å². The first-order chi connectivity index (χ1) is 7.51. The van der Waals surface area contributed by atoms with E-state index in [0.717, 1.165) is 11.1 Å². The molecule has 90 valence electrons. The highest BCUT2D eigenvalue weighted by Crippen LogP contribution is 2.28. The first-order valence-corrected chi connectivity index (χ1v) is 5.88. The number of aliphatic hydroxyl groups is 2. The fourth-order valence-corrected chi connectivity index (χ4v) is 2.08. The normalized spacial score (nSPS) is 11.5. The SMILES string of the molecule is CC(C)c1cc(C(C)C)c(CO)cc1CO. The second-order valence-electron chi connectivity index (χ2n) is 4.88. The lowest BCUT2D eigenvalue weighted by Gasteiger charge is -2.18. The van der Waals surface area contributed by atoms with Crippen LogP contribution < -0.4 is 0 Å². The average molecular weight is 222 g/mol. The van der Waals surface area contributed by atoms with E-state index < -0.39 is 0 Å². The Morgan fingerprint density at radius 1 is 0.812 bits per heavy atom. The topological polar surface area (TPSA) is 40.5 Å². The van der Waals surface area contributed by atoms with Gasteiger partial charge in [-0.1, -0.05) is 39.8 Å². The van der Waals surface area contributed by atoms with Gasteiger partial charge < -0.3 is 10.2 Å². The molecular formula is C14H22O2. The third-order valence-corrected chi connectivity index (χ3v) is 2.99. The van der Waals surface area contributed by atoms with Crippen LogP contribution in [0.25, 0.3) is 0 Å². The average Bonchev–Trinajstić information content (AvgIpc) is 2.26. The Labute approximate surface area is 97.9 Å². The summed E-state index contributed by atoms with van der Waals surface area (Å²) in [6, 6.07) is 4.07. The van der Waals surface area contributed by atoms with Gasteiger partial charge in [-0.15, -0.1) is 0 Å². The lowest BCUT2D eigenvalue weighted by Crippen LogP contribution is -2.04. The minimum absolute atomic E-state index is 0.0406. The molecule has 0 atom stereocenters. The molecule has 2 N–H and O–H groups in total. The summed E-state index contributed by atoms with van der Waals surface area (Å²) < 4.78 is 0. The van der Waals surface area contributed by atoms with E-state index >= 15 is 0 Å². The molecule has 1 aromatic rings. The van der Waals surface area contributed by atoms with Gasteiger partial charge in [0.15, 0.2) is 0 Å². The van der Waals surface area contributed by atoms with Gasteiger partial charge in [0.2, 0.25) is 0 Å². The molecule has 2 nitrogen and oxygen atoms in total. The summed E-state index contributed by atoms with van der Waals surface area (Å²) >= 11 is 0.